The summed E-state index contributed by atoms with van der Waals surface area (Å²) in [6.45, 7) is 8.97. The number of carbonyl (C=O) groups is 1. The predicted molar refractivity (Wildman–Crippen MR) is 94.7 cm³/mol. The van der Waals surface area contributed by atoms with Crippen LogP contribution in [0.2, 0.25) is 0 Å². The van der Waals surface area contributed by atoms with Gasteiger partial charge in [0.1, 0.15) is 0 Å². The zero-order valence-electron chi connectivity index (χ0n) is 15.2. The number of hydrogen-bond acceptors (Lipinski definition) is 2. The van der Waals surface area contributed by atoms with Crippen molar-refractivity contribution in [1.82, 2.24) is 4.57 Å². The molecular formula is C19H21F3N2OS. The maximum atomic E-state index is 13.9. The molecule has 0 radical (unpaired) electrons. The number of amides is 1. The minimum Gasteiger partial charge on any atom is -0.320 e. The van der Waals surface area contributed by atoms with Gasteiger partial charge in [-0.1, -0.05) is 20.8 Å². The number of nitrogens with zero attached hydrogens (tertiary/aromatic N) is 2. The summed E-state index contributed by atoms with van der Waals surface area (Å²) >= 11 is 1.38. The second-order valence-electron chi connectivity index (χ2n) is 7.74. The molecule has 0 N–H and O–H groups in total. The van der Waals surface area contributed by atoms with E-state index in [4.69, 9.17) is 0 Å². The Hall–Kier alpha value is -1.89. The van der Waals surface area contributed by atoms with E-state index in [1.165, 1.54) is 11.3 Å². The van der Waals surface area contributed by atoms with Crippen LogP contribution in [-0.2, 0) is 12.0 Å². The van der Waals surface area contributed by atoms with E-state index in [0.29, 0.717) is 10.7 Å². The molecule has 1 amide bonds. The molecule has 140 valence electrons. The number of carbonyl (C=O) groups excluding carboxylic acids is 1. The first kappa shape index (κ1) is 18.9. The highest BCUT2D eigenvalue weighted by Crippen LogP contribution is 2.33. The topological polar surface area (TPSA) is 34.4 Å². The van der Waals surface area contributed by atoms with Gasteiger partial charge in [0.05, 0.1) is 5.56 Å². The van der Waals surface area contributed by atoms with Crippen molar-refractivity contribution in [1.29, 1.82) is 0 Å². The van der Waals surface area contributed by atoms with E-state index in [2.05, 4.69) is 25.8 Å². The zero-order chi connectivity index (χ0) is 19.2. The number of halogens is 3. The lowest BCUT2D eigenvalue weighted by Crippen LogP contribution is -2.20. The number of rotatable bonds is 3. The second-order valence-corrected chi connectivity index (χ2v) is 8.72. The first-order chi connectivity index (χ1) is 12.1. The summed E-state index contributed by atoms with van der Waals surface area (Å²) in [5, 5.41) is 0. The van der Waals surface area contributed by atoms with Crippen molar-refractivity contribution in [3.63, 3.8) is 0 Å². The van der Waals surface area contributed by atoms with Crippen LogP contribution in [0, 0.1) is 30.3 Å². The van der Waals surface area contributed by atoms with E-state index in [9.17, 15) is 18.0 Å². The molecule has 1 saturated carbocycles. The van der Waals surface area contributed by atoms with Gasteiger partial charge in [0.25, 0.3) is 5.91 Å². The van der Waals surface area contributed by atoms with Gasteiger partial charge < -0.3 is 4.57 Å². The SMILES string of the molecule is Cc1c(C(C)(C)C)sc(=NC(=O)c2ccc(F)c(F)c2F)n1CC1CC1. The maximum absolute atomic E-state index is 13.9. The molecule has 1 aromatic heterocycles. The standard InChI is InChI=1S/C19H21F3N2OS/c1-10-16(19(2,3)4)26-18(24(10)9-11-5-6-11)23-17(25)12-7-8-13(20)15(22)14(12)21/h7-8,11H,5-6,9H2,1-4H3. The third kappa shape index (κ3) is 3.63. The molecule has 7 heteroatoms. The van der Waals surface area contributed by atoms with Crippen LogP contribution in [0.25, 0.3) is 0 Å². The van der Waals surface area contributed by atoms with Crippen molar-refractivity contribution in [3.8, 4) is 0 Å². The Kier molecular flexibility index (Phi) is 4.86. The van der Waals surface area contributed by atoms with Crippen molar-refractivity contribution in [2.24, 2.45) is 10.9 Å². The van der Waals surface area contributed by atoms with Gasteiger partial charge in [-0.2, -0.15) is 4.99 Å². The van der Waals surface area contributed by atoms with Crippen LogP contribution in [0.15, 0.2) is 17.1 Å². The minimum atomic E-state index is -1.66. The number of benzene rings is 1. The summed E-state index contributed by atoms with van der Waals surface area (Å²) in [5.41, 5.74) is 0.348. The molecule has 3 nitrogen and oxygen atoms in total. The molecule has 26 heavy (non-hydrogen) atoms. The van der Waals surface area contributed by atoms with Crippen molar-refractivity contribution in [2.45, 2.75) is 52.5 Å². The Morgan fingerprint density at radius 3 is 2.46 bits per heavy atom. The predicted octanol–water partition coefficient (Wildman–Crippen LogP) is 4.72. The first-order valence-electron chi connectivity index (χ1n) is 8.53. The molecule has 0 bridgehead atoms. The van der Waals surface area contributed by atoms with Crippen LogP contribution in [0.5, 0.6) is 0 Å². The zero-order valence-corrected chi connectivity index (χ0v) is 16.0. The van der Waals surface area contributed by atoms with E-state index in [0.717, 1.165) is 42.1 Å². The summed E-state index contributed by atoms with van der Waals surface area (Å²) in [6.07, 6.45) is 2.27. The Morgan fingerprint density at radius 2 is 1.88 bits per heavy atom. The summed E-state index contributed by atoms with van der Waals surface area (Å²) in [7, 11) is 0. The third-order valence-corrected chi connectivity index (χ3v) is 6.05. The van der Waals surface area contributed by atoms with Gasteiger partial charge in [-0.3, -0.25) is 4.79 Å². The molecule has 3 rings (SSSR count). The van der Waals surface area contributed by atoms with Gasteiger partial charge in [0.15, 0.2) is 22.3 Å². The Balaban J connectivity index is 2.10. The molecule has 1 aliphatic carbocycles. The van der Waals surface area contributed by atoms with Gasteiger partial charge in [-0.15, -0.1) is 11.3 Å². The summed E-state index contributed by atoms with van der Waals surface area (Å²) in [4.78, 5) is 18.0. The number of aromatic nitrogens is 1. The molecule has 1 aliphatic rings. The average Bonchev–Trinajstić information content (AvgIpc) is 3.31. The fourth-order valence-electron chi connectivity index (χ4n) is 2.88. The van der Waals surface area contributed by atoms with Crippen LogP contribution < -0.4 is 4.80 Å². The average molecular weight is 382 g/mol. The lowest BCUT2D eigenvalue weighted by molar-refractivity contribution is 0.0992. The summed E-state index contributed by atoms with van der Waals surface area (Å²) in [5.74, 6) is -4.84. The second kappa shape index (κ2) is 6.68. The van der Waals surface area contributed by atoms with Crippen LogP contribution >= 0.6 is 11.3 Å². The molecule has 0 aliphatic heterocycles. The van der Waals surface area contributed by atoms with Gasteiger partial charge >= 0.3 is 0 Å². The highest BCUT2D eigenvalue weighted by molar-refractivity contribution is 7.09. The van der Waals surface area contributed by atoms with Gasteiger partial charge in [-0.25, -0.2) is 13.2 Å². The monoisotopic (exact) mass is 382 g/mol. The highest BCUT2D eigenvalue weighted by Gasteiger charge is 2.27. The smallest absolute Gasteiger partial charge is 0.282 e. The molecule has 0 atom stereocenters. The largest absolute Gasteiger partial charge is 0.320 e. The first-order valence-corrected chi connectivity index (χ1v) is 9.34. The lowest BCUT2D eigenvalue weighted by Gasteiger charge is -2.17. The van der Waals surface area contributed by atoms with Crippen molar-refractivity contribution < 1.29 is 18.0 Å². The molecule has 0 unspecified atom stereocenters. The van der Waals surface area contributed by atoms with Crippen molar-refractivity contribution in [3.05, 3.63) is 50.5 Å². The van der Waals surface area contributed by atoms with Crippen molar-refractivity contribution >= 4 is 17.2 Å². The Labute approximate surface area is 154 Å². The van der Waals surface area contributed by atoms with Gasteiger partial charge in [-0.05, 0) is 43.2 Å². The van der Waals surface area contributed by atoms with Crippen LogP contribution in [0.1, 0.15) is 54.5 Å². The molecule has 2 aromatic rings. The van der Waals surface area contributed by atoms with Crippen LogP contribution in [0.3, 0.4) is 0 Å². The van der Waals surface area contributed by atoms with E-state index < -0.39 is 28.9 Å². The fourth-order valence-corrected chi connectivity index (χ4v) is 4.07. The summed E-state index contributed by atoms with van der Waals surface area (Å²) < 4.78 is 42.4. The Morgan fingerprint density at radius 1 is 1.23 bits per heavy atom. The maximum Gasteiger partial charge on any atom is 0.282 e. The van der Waals surface area contributed by atoms with Gasteiger partial charge in [0, 0.05) is 17.1 Å². The molecule has 1 heterocycles. The quantitative estimate of drug-likeness (QED) is 0.707. The molecule has 0 spiro atoms. The van der Waals surface area contributed by atoms with E-state index >= 15 is 0 Å². The Bertz CT molecular complexity index is 933. The lowest BCUT2D eigenvalue weighted by atomic mass is 9.93. The molecule has 1 aromatic carbocycles. The van der Waals surface area contributed by atoms with Crippen LogP contribution in [-0.4, -0.2) is 10.5 Å². The minimum absolute atomic E-state index is 0.121. The molecular weight excluding hydrogens is 361 g/mol. The normalized spacial score (nSPS) is 15.6. The third-order valence-electron chi connectivity index (χ3n) is 4.44. The van der Waals surface area contributed by atoms with Crippen molar-refractivity contribution in [2.75, 3.05) is 0 Å². The van der Waals surface area contributed by atoms with E-state index in [1.54, 1.807) is 0 Å². The fraction of sp³-hybridized carbons (Fsp3) is 0.474. The number of hydrogen-bond donors (Lipinski definition) is 0. The van der Waals surface area contributed by atoms with Crippen LogP contribution in [0.4, 0.5) is 13.2 Å². The summed E-state index contributed by atoms with van der Waals surface area (Å²) in [6, 6.07) is 1.66. The van der Waals surface area contributed by atoms with E-state index in [1.807, 2.05) is 11.5 Å². The van der Waals surface area contributed by atoms with E-state index in [-0.39, 0.29) is 5.41 Å². The highest BCUT2D eigenvalue weighted by atomic mass is 32.1. The molecule has 1 fully saturated rings. The number of thiazole rings is 1. The van der Waals surface area contributed by atoms with Gasteiger partial charge in [0.2, 0.25) is 0 Å². The molecule has 0 saturated heterocycles.